The number of imidazole rings is 1. The summed E-state index contributed by atoms with van der Waals surface area (Å²) in [5.41, 5.74) is 0.472. The van der Waals surface area contributed by atoms with E-state index in [0.717, 1.165) is 6.42 Å². The Bertz CT molecular complexity index is 1080. The third-order valence-corrected chi connectivity index (χ3v) is 9.05. The Morgan fingerprint density at radius 1 is 1.27 bits per heavy atom. The molecule has 7 nitrogen and oxygen atoms in total. The molecule has 3 fully saturated rings. The molecular weight excluding hydrogens is 424 g/mol. The van der Waals surface area contributed by atoms with Crippen molar-refractivity contribution in [3.05, 3.63) is 47.4 Å². The number of nitrogens with one attached hydrogen (secondary N) is 1. The number of carbonyl (C=O) groups is 1. The average molecular weight is 449 g/mol. The van der Waals surface area contributed by atoms with Crippen molar-refractivity contribution < 1.29 is 13.2 Å². The van der Waals surface area contributed by atoms with Gasteiger partial charge in [-0.2, -0.15) is 4.31 Å². The minimum absolute atomic E-state index is 0.00573. The van der Waals surface area contributed by atoms with Gasteiger partial charge >= 0.3 is 0 Å². The molecule has 1 saturated heterocycles. The Kier molecular flexibility index (Phi) is 4.72. The van der Waals surface area contributed by atoms with Crippen LogP contribution in [-0.4, -0.2) is 47.8 Å². The first kappa shape index (κ1) is 20.0. The third-order valence-electron chi connectivity index (χ3n) is 7.00. The molecular formula is C21H25ClN4O3S. The fourth-order valence-corrected chi connectivity index (χ4v) is 6.81. The Morgan fingerprint density at radius 2 is 1.97 bits per heavy atom. The molecule has 2 aliphatic carbocycles. The zero-order chi connectivity index (χ0) is 21.1. The van der Waals surface area contributed by atoms with Crippen LogP contribution in [0, 0.1) is 23.2 Å². The van der Waals surface area contributed by atoms with Crippen molar-refractivity contribution in [2.45, 2.75) is 24.3 Å². The first-order valence-electron chi connectivity index (χ1n) is 10.3. The van der Waals surface area contributed by atoms with Gasteiger partial charge in [-0.3, -0.25) is 4.79 Å². The molecule has 2 saturated carbocycles. The van der Waals surface area contributed by atoms with E-state index >= 15 is 0 Å². The maximum Gasteiger partial charge on any atom is 0.262 e. The number of aromatic nitrogens is 2. The molecule has 1 aromatic heterocycles. The van der Waals surface area contributed by atoms with E-state index in [2.05, 4.69) is 10.3 Å². The van der Waals surface area contributed by atoms with E-state index in [9.17, 15) is 13.2 Å². The molecule has 1 aromatic carbocycles. The predicted octanol–water partition coefficient (Wildman–Crippen LogP) is 2.54. The summed E-state index contributed by atoms with van der Waals surface area (Å²) in [6.45, 7) is 1.57. The minimum atomic E-state index is -3.57. The zero-order valence-electron chi connectivity index (χ0n) is 16.8. The lowest BCUT2D eigenvalue weighted by molar-refractivity contribution is 0.0937. The van der Waals surface area contributed by atoms with Crippen molar-refractivity contribution in [3.63, 3.8) is 0 Å². The van der Waals surface area contributed by atoms with E-state index in [1.165, 1.54) is 19.2 Å². The molecule has 0 radical (unpaired) electrons. The van der Waals surface area contributed by atoms with E-state index in [0.29, 0.717) is 36.1 Å². The number of aryl methyl sites for hydroxylation is 1. The number of halogens is 1. The minimum Gasteiger partial charge on any atom is -0.351 e. The van der Waals surface area contributed by atoms with Gasteiger partial charge < -0.3 is 9.88 Å². The first-order valence-corrected chi connectivity index (χ1v) is 12.1. The van der Waals surface area contributed by atoms with Crippen LogP contribution in [0.1, 0.15) is 29.6 Å². The predicted molar refractivity (Wildman–Crippen MR) is 113 cm³/mol. The van der Waals surface area contributed by atoms with Gasteiger partial charge in [-0.25, -0.2) is 13.4 Å². The van der Waals surface area contributed by atoms with Crippen LogP contribution >= 0.6 is 11.6 Å². The molecule has 1 unspecified atom stereocenters. The van der Waals surface area contributed by atoms with E-state index in [4.69, 9.17) is 11.6 Å². The smallest absolute Gasteiger partial charge is 0.262 e. The Labute approximate surface area is 181 Å². The van der Waals surface area contributed by atoms with Crippen LogP contribution in [0.3, 0.4) is 0 Å². The second-order valence-corrected chi connectivity index (χ2v) is 11.2. The van der Waals surface area contributed by atoms with Crippen LogP contribution in [0.2, 0.25) is 5.02 Å². The Balaban J connectivity index is 1.28. The van der Waals surface area contributed by atoms with E-state index in [1.807, 2.05) is 0 Å². The largest absolute Gasteiger partial charge is 0.351 e. The van der Waals surface area contributed by atoms with Crippen LogP contribution in [0.4, 0.5) is 0 Å². The number of benzene rings is 1. The van der Waals surface area contributed by atoms with Crippen molar-refractivity contribution in [1.82, 2.24) is 19.2 Å². The van der Waals surface area contributed by atoms with Crippen molar-refractivity contribution in [1.29, 1.82) is 0 Å². The molecule has 2 heterocycles. The average Bonchev–Trinajstić information content (AvgIpc) is 3.47. The highest BCUT2D eigenvalue weighted by Gasteiger charge is 2.69. The second-order valence-electron chi connectivity index (χ2n) is 8.96. The van der Waals surface area contributed by atoms with Crippen molar-refractivity contribution >= 4 is 27.5 Å². The summed E-state index contributed by atoms with van der Waals surface area (Å²) in [6.07, 6.45) is 6.57. The Morgan fingerprint density at radius 3 is 2.57 bits per heavy atom. The van der Waals surface area contributed by atoms with Gasteiger partial charge in [0, 0.05) is 32.9 Å². The van der Waals surface area contributed by atoms with E-state index in [-0.39, 0.29) is 28.2 Å². The number of rotatable bonds is 7. The zero-order valence-corrected chi connectivity index (χ0v) is 18.4. The summed E-state index contributed by atoms with van der Waals surface area (Å²) in [5, 5.41) is 3.63. The molecule has 3 aliphatic rings. The molecule has 1 N–H and O–H groups in total. The molecule has 1 amide bonds. The summed E-state index contributed by atoms with van der Waals surface area (Å²) in [6, 6.07) is 7.03. The quantitative estimate of drug-likeness (QED) is 0.705. The highest BCUT2D eigenvalue weighted by molar-refractivity contribution is 7.89. The number of sulfonamides is 1. The lowest BCUT2D eigenvalue weighted by Crippen LogP contribution is -2.39. The van der Waals surface area contributed by atoms with Gasteiger partial charge in [-0.1, -0.05) is 36.6 Å². The second kappa shape index (κ2) is 7.07. The number of carbonyl (C=O) groups excluding carboxylic acids is 1. The van der Waals surface area contributed by atoms with Gasteiger partial charge in [0.25, 0.3) is 15.9 Å². The van der Waals surface area contributed by atoms with Crippen molar-refractivity contribution in [3.8, 4) is 0 Å². The highest BCUT2D eigenvalue weighted by atomic mass is 35.5. The van der Waals surface area contributed by atoms with Gasteiger partial charge in [0.15, 0.2) is 5.03 Å². The van der Waals surface area contributed by atoms with Crippen LogP contribution in [-0.2, 0) is 17.1 Å². The molecule has 160 valence electrons. The van der Waals surface area contributed by atoms with Crippen molar-refractivity contribution in [2.75, 3.05) is 19.6 Å². The number of amides is 1. The number of piperidine rings is 1. The summed E-state index contributed by atoms with van der Waals surface area (Å²) < 4.78 is 29.0. The maximum absolute atomic E-state index is 12.9. The van der Waals surface area contributed by atoms with E-state index in [1.54, 1.807) is 46.4 Å². The lowest BCUT2D eigenvalue weighted by Gasteiger charge is -2.26. The maximum atomic E-state index is 12.9. The highest BCUT2D eigenvalue weighted by Crippen LogP contribution is 2.67. The third kappa shape index (κ3) is 3.35. The summed E-state index contributed by atoms with van der Waals surface area (Å²) in [7, 11) is -1.81. The van der Waals surface area contributed by atoms with Gasteiger partial charge in [0.05, 0.1) is 16.9 Å². The first-order chi connectivity index (χ1) is 14.3. The number of hydrogen-bond acceptors (Lipinski definition) is 4. The van der Waals surface area contributed by atoms with Crippen LogP contribution in [0.5, 0.6) is 0 Å². The monoisotopic (exact) mass is 448 g/mol. The van der Waals surface area contributed by atoms with Crippen LogP contribution in [0.25, 0.3) is 0 Å². The lowest BCUT2D eigenvalue weighted by atomic mass is 9.92. The molecule has 30 heavy (non-hydrogen) atoms. The molecule has 2 aromatic rings. The van der Waals surface area contributed by atoms with Crippen LogP contribution in [0.15, 0.2) is 41.8 Å². The number of hydrogen-bond donors (Lipinski definition) is 1. The topological polar surface area (TPSA) is 84.3 Å². The Hall–Kier alpha value is -1.90. The molecule has 9 heteroatoms. The van der Waals surface area contributed by atoms with Crippen molar-refractivity contribution in [2.24, 2.45) is 30.2 Å². The summed E-state index contributed by atoms with van der Waals surface area (Å²) in [5.74, 6) is 1.10. The molecule has 1 aliphatic heterocycles. The van der Waals surface area contributed by atoms with Crippen LogP contribution < -0.4 is 5.32 Å². The van der Waals surface area contributed by atoms with Gasteiger partial charge in [-0.05, 0) is 41.7 Å². The van der Waals surface area contributed by atoms with Gasteiger partial charge in [0.1, 0.15) is 0 Å². The molecule has 3 atom stereocenters. The molecule has 0 bridgehead atoms. The standard InChI is InChI=1S/C21H25ClN4O3S/c1-25-11-19(24-13-25)30(28,29)26-9-16-17(10-26)21(16,8-14-6-7-14)12-23-20(27)15-4-2-3-5-18(15)22/h2-5,11,13-14,16-17H,6-10,12H2,1H3,(H,23,27)/t16-,17+,21?. The molecule has 5 rings (SSSR count). The fourth-order valence-electron chi connectivity index (χ4n) is 5.13. The SMILES string of the molecule is Cn1cnc(S(=O)(=O)N2C[C@@H]3[C@H](C2)C3(CNC(=O)c2ccccc2Cl)CC2CC2)c1. The number of fused-ring (bicyclic) bond motifs is 1. The summed E-state index contributed by atoms with van der Waals surface area (Å²) >= 11 is 6.16. The fraction of sp³-hybridized carbons (Fsp3) is 0.524. The van der Waals surface area contributed by atoms with Gasteiger partial charge in [0.2, 0.25) is 0 Å². The molecule has 0 spiro atoms. The van der Waals surface area contributed by atoms with Gasteiger partial charge in [-0.15, -0.1) is 0 Å². The van der Waals surface area contributed by atoms with E-state index < -0.39 is 10.0 Å². The normalized spacial score (nSPS) is 28.3. The summed E-state index contributed by atoms with van der Waals surface area (Å²) in [4.78, 5) is 16.7. The number of nitrogens with zero attached hydrogens (tertiary/aromatic N) is 3.